The van der Waals surface area contributed by atoms with Crippen LogP contribution >= 0.6 is 15.9 Å². The fraction of sp³-hybridized carbons (Fsp3) is 0.308. The summed E-state index contributed by atoms with van der Waals surface area (Å²) in [5.74, 6) is 1.95. The lowest BCUT2D eigenvalue weighted by molar-refractivity contribution is 0.232. The Bertz CT molecular complexity index is 529. The van der Waals surface area contributed by atoms with Crippen LogP contribution < -0.4 is 15.2 Å². The Labute approximate surface area is 119 Å². The summed E-state index contributed by atoms with van der Waals surface area (Å²) in [5.41, 5.74) is 6.62. The minimum atomic E-state index is 0.292. The minimum Gasteiger partial charge on any atom is -0.490 e. The Hall–Kier alpha value is -1.53. The van der Waals surface area contributed by atoms with E-state index in [9.17, 15) is 0 Å². The first-order valence-corrected chi connectivity index (χ1v) is 6.71. The highest BCUT2D eigenvalue weighted by Crippen LogP contribution is 2.37. The van der Waals surface area contributed by atoms with Gasteiger partial charge in [0, 0.05) is 12.6 Å². The fourth-order valence-corrected chi connectivity index (χ4v) is 2.21. The van der Waals surface area contributed by atoms with E-state index in [1.165, 1.54) is 0 Å². The van der Waals surface area contributed by atoms with Gasteiger partial charge >= 0.3 is 0 Å². The lowest BCUT2D eigenvalue weighted by atomic mass is 10.2. The largest absolute Gasteiger partial charge is 0.490 e. The molecule has 0 aliphatic carbocycles. The number of ether oxygens (including phenoxy) is 2. The fourth-order valence-electron chi connectivity index (χ4n) is 1.60. The molecule has 19 heavy (non-hydrogen) atoms. The van der Waals surface area contributed by atoms with Crippen molar-refractivity contribution in [2.45, 2.75) is 20.1 Å². The summed E-state index contributed by atoms with van der Waals surface area (Å²) in [7, 11) is 0. The number of hydrogen-bond acceptors (Lipinski definition) is 5. The van der Waals surface area contributed by atoms with Gasteiger partial charge in [0.2, 0.25) is 0 Å². The van der Waals surface area contributed by atoms with Gasteiger partial charge < -0.3 is 19.7 Å². The van der Waals surface area contributed by atoms with E-state index < -0.39 is 0 Å². The molecular formula is C13H15BrN2O3. The molecule has 2 aromatic rings. The normalized spacial score (nSPS) is 10.5. The molecule has 0 unspecified atom stereocenters. The number of halogens is 1. The standard InChI is InChI=1S/C13H15BrN2O3/c1-2-17-12-6-9(7-15)5-11(14)13(12)18-8-10-3-4-16-19-10/h3-6H,2,7-8,15H2,1H3. The molecule has 0 saturated heterocycles. The monoisotopic (exact) mass is 326 g/mol. The molecule has 0 bridgehead atoms. The van der Waals surface area contributed by atoms with Gasteiger partial charge in [0.05, 0.1) is 17.3 Å². The van der Waals surface area contributed by atoms with Crippen molar-refractivity contribution in [1.82, 2.24) is 5.16 Å². The van der Waals surface area contributed by atoms with Crippen molar-refractivity contribution in [1.29, 1.82) is 0 Å². The molecule has 0 aliphatic heterocycles. The highest BCUT2D eigenvalue weighted by Gasteiger charge is 2.12. The van der Waals surface area contributed by atoms with E-state index in [0.29, 0.717) is 37.0 Å². The summed E-state index contributed by atoms with van der Waals surface area (Å²) >= 11 is 3.47. The molecule has 102 valence electrons. The lowest BCUT2D eigenvalue weighted by Crippen LogP contribution is -2.03. The summed E-state index contributed by atoms with van der Waals surface area (Å²) in [5, 5.41) is 3.63. The molecule has 0 aliphatic rings. The molecule has 2 rings (SSSR count). The van der Waals surface area contributed by atoms with E-state index in [1.807, 2.05) is 19.1 Å². The molecule has 1 aromatic carbocycles. The Morgan fingerprint density at radius 2 is 2.21 bits per heavy atom. The van der Waals surface area contributed by atoms with Crippen molar-refractivity contribution in [3.63, 3.8) is 0 Å². The van der Waals surface area contributed by atoms with Crippen LogP contribution in [0.25, 0.3) is 0 Å². The zero-order chi connectivity index (χ0) is 13.7. The summed E-state index contributed by atoms with van der Waals surface area (Å²) in [6.07, 6.45) is 1.58. The smallest absolute Gasteiger partial charge is 0.176 e. The molecule has 5 nitrogen and oxygen atoms in total. The van der Waals surface area contributed by atoms with Crippen molar-refractivity contribution >= 4 is 15.9 Å². The number of nitrogens with two attached hydrogens (primary N) is 1. The molecule has 0 spiro atoms. The van der Waals surface area contributed by atoms with E-state index >= 15 is 0 Å². The third-order valence-electron chi connectivity index (χ3n) is 2.45. The Morgan fingerprint density at radius 1 is 1.37 bits per heavy atom. The van der Waals surface area contributed by atoms with Gasteiger partial charge in [0.15, 0.2) is 17.3 Å². The molecule has 1 aromatic heterocycles. The average Bonchev–Trinajstić information content (AvgIpc) is 2.91. The van der Waals surface area contributed by atoms with Gasteiger partial charge in [0.1, 0.15) is 6.61 Å². The first-order chi connectivity index (χ1) is 9.24. The highest BCUT2D eigenvalue weighted by atomic mass is 79.9. The predicted molar refractivity (Wildman–Crippen MR) is 74.0 cm³/mol. The number of benzene rings is 1. The summed E-state index contributed by atoms with van der Waals surface area (Å²) in [6, 6.07) is 5.55. The second-order valence-corrected chi connectivity index (χ2v) is 4.66. The second-order valence-electron chi connectivity index (χ2n) is 3.81. The second kappa shape index (κ2) is 6.58. The predicted octanol–water partition coefficient (Wildman–Crippen LogP) is 2.87. The molecule has 1 heterocycles. The van der Waals surface area contributed by atoms with Crippen LogP contribution in [0.15, 0.2) is 33.4 Å². The van der Waals surface area contributed by atoms with Crippen LogP contribution in [0.2, 0.25) is 0 Å². The van der Waals surface area contributed by atoms with Crippen molar-refractivity contribution in [2.24, 2.45) is 5.73 Å². The van der Waals surface area contributed by atoms with Crippen molar-refractivity contribution in [2.75, 3.05) is 6.61 Å². The zero-order valence-electron chi connectivity index (χ0n) is 10.6. The van der Waals surface area contributed by atoms with Crippen molar-refractivity contribution in [3.05, 3.63) is 40.2 Å². The molecule has 0 fully saturated rings. The molecule has 0 amide bonds. The van der Waals surface area contributed by atoms with Crippen LogP contribution in [0, 0.1) is 0 Å². The summed E-state index contributed by atoms with van der Waals surface area (Å²) in [4.78, 5) is 0. The Kier molecular flexibility index (Phi) is 4.81. The maximum Gasteiger partial charge on any atom is 0.176 e. The highest BCUT2D eigenvalue weighted by molar-refractivity contribution is 9.10. The third kappa shape index (κ3) is 3.48. The van der Waals surface area contributed by atoms with Gasteiger partial charge in [-0.15, -0.1) is 0 Å². The summed E-state index contributed by atoms with van der Waals surface area (Å²) < 4.78 is 17.1. The number of hydrogen-bond donors (Lipinski definition) is 1. The van der Waals surface area contributed by atoms with Gasteiger partial charge in [-0.25, -0.2) is 0 Å². The third-order valence-corrected chi connectivity index (χ3v) is 3.04. The van der Waals surface area contributed by atoms with Gasteiger partial charge in [-0.05, 0) is 40.5 Å². The van der Waals surface area contributed by atoms with Gasteiger partial charge in [-0.3, -0.25) is 0 Å². The number of rotatable bonds is 6. The molecule has 6 heteroatoms. The van der Waals surface area contributed by atoms with Crippen LogP contribution in [0.5, 0.6) is 11.5 Å². The molecule has 0 radical (unpaired) electrons. The zero-order valence-corrected chi connectivity index (χ0v) is 12.1. The van der Waals surface area contributed by atoms with Crippen LogP contribution in [0.4, 0.5) is 0 Å². The SMILES string of the molecule is CCOc1cc(CN)cc(Br)c1OCc1ccno1. The van der Waals surface area contributed by atoms with Crippen LogP contribution in [-0.4, -0.2) is 11.8 Å². The van der Waals surface area contributed by atoms with Crippen LogP contribution in [0.3, 0.4) is 0 Å². The average molecular weight is 327 g/mol. The molecule has 2 N–H and O–H groups in total. The van der Waals surface area contributed by atoms with Gasteiger partial charge in [-0.1, -0.05) is 5.16 Å². The molecule has 0 atom stereocenters. The first-order valence-electron chi connectivity index (χ1n) is 5.92. The van der Waals surface area contributed by atoms with E-state index in [4.69, 9.17) is 19.7 Å². The molecular weight excluding hydrogens is 312 g/mol. The minimum absolute atomic E-state index is 0.292. The van der Waals surface area contributed by atoms with Crippen LogP contribution in [0.1, 0.15) is 18.2 Å². The lowest BCUT2D eigenvalue weighted by Gasteiger charge is -2.14. The first kappa shape index (κ1) is 13.9. The maximum absolute atomic E-state index is 5.72. The maximum atomic E-state index is 5.72. The Morgan fingerprint density at radius 3 is 2.84 bits per heavy atom. The van der Waals surface area contributed by atoms with Gasteiger partial charge in [-0.2, -0.15) is 0 Å². The van der Waals surface area contributed by atoms with E-state index in [1.54, 1.807) is 12.3 Å². The van der Waals surface area contributed by atoms with Crippen molar-refractivity contribution < 1.29 is 14.0 Å². The van der Waals surface area contributed by atoms with E-state index in [2.05, 4.69) is 21.1 Å². The number of nitrogens with zero attached hydrogens (tertiary/aromatic N) is 1. The molecule has 0 saturated carbocycles. The number of aromatic nitrogens is 1. The topological polar surface area (TPSA) is 70.5 Å². The van der Waals surface area contributed by atoms with Crippen molar-refractivity contribution in [3.8, 4) is 11.5 Å². The summed E-state index contributed by atoms with van der Waals surface area (Å²) in [6.45, 7) is 3.21. The van der Waals surface area contributed by atoms with Gasteiger partial charge in [0.25, 0.3) is 0 Å². The van der Waals surface area contributed by atoms with E-state index in [0.717, 1.165) is 10.0 Å². The quantitative estimate of drug-likeness (QED) is 0.883. The van der Waals surface area contributed by atoms with E-state index in [-0.39, 0.29) is 0 Å². The van der Waals surface area contributed by atoms with Crippen LogP contribution in [-0.2, 0) is 13.2 Å². The Balaban J connectivity index is 2.21.